The molecule has 4 rings (SSSR count). The van der Waals surface area contributed by atoms with Crippen molar-refractivity contribution in [3.05, 3.63) is 89.2 Å². The maximum atomic E-state index is 13.3. The van der Waals surface area contributed by atoms with Gasteiger partial charge in [-0.25, -0.2) is 19.0 Å². The number of carboxylic acid groups (broad SMARTS) is 1. The number of halogens is 1. The van der Waals surface area contributed by atoms with Gasteiger partial charge in [0.15, 0.2) is 0 Å². The van der Waals surface area contributed by atoms with Gasteiger partial charge in [0.1, 0.15) is 11.6 Å². The lowest BCUT2D eigenvalue weighted by Crippen LogP contribution is -2.03. The van der Waals surface area contributed by atoms with Gasteiger partial charge >= 0.3 is 11.9 Å². The van der Waals surface area contributed by atoms with Gasteiger partial charge in [0.25, 0.3) is 0 Å². The highest BCUT2D eigenvalue weighted by atomic mass is 19.1. The van der Waals surface area contributed by atoms with Crippen LogP contribution < -0.4 is 0 Å². The maximum absolute atomic E-state index is 13.3. The number of carbonyl (C=O) groups excluding carboxylic acids is 1. The Hall–Kier alpha value is -4.00. The molecule has 0 bridgehead atoms. The molecule has 150 valence electrons. The number of carbonyl (C=O) groups is 2. The molecule has 0 aliphatic rings. The number of ether oxygens (including phenoxy) is 1. The summed E-state index contributed by atoms with van der Waals surface area (Å²) in [5.74, 6) is -1.18. The van der Waals surface area contributed by atoms with Gasteiger partial charge in [0, 0.05) is 12.1 Å². The summed E-state index contributed by atoms with van der Waals surface area (Å²) in [6.07, 6.45) is 0. The maximum Gasteiger partial charge on any atom is 0.337 e. The summed E-state index contributed by atoms with van der Waals surface area (Å²) < 4.78 is 20.0. The molecule has 7 heteroatoms. The zero-order valence-electron chi connectivity index (χ0n) is 16.0. The summed E-state index contributed by atoms with van der Waals surface area (Å²) >= 11 is 0. The van der Waals surface area contributed by atoms with Crippen molar-refractivity contribution in [3.63, 3.8) is 0 Å². The quantitative estimate of drug-likeness (QED) is 0.500. The van der Waals surface area contributed by atoms with E-state index in [4.69, 9.17) is 9.84 Å². The number of hydrogen-bond acceptors (Lipinski definition) is 4. The number of aromatic carboxylic acids is 1. The van der Waals surface area contributed by atoms with Crippen molar-refractivity contribution in [3.8, 4) is 11.4 Å². The summed E-state index contributed by atoms with van der Waals surface area (Å²) in [7, 11) is 1.31. The lowest BCUT2D eigenvalue weighted by Gasteiger charge is -2.10. The van der Waals surface area contributed by atoms with Gasteiger partial charge in [-0.2, -0.15) is 0 Å². The number of rotatable bonds is 5. The van der Waals surface area contributed by atoms with E-state index in [1.54, 1.807) is 42.5 Å². The Balaban J connectivity index is 1.86. The van der Waals surface area contributed by atoms with Gasteiger partial charge in [0.05, 0.1) is 29.3 Å². The average molecular weight is 404 g/mol. The monoisotopic (exact) mass is 404 g/mol. The number of aromatic nitrogens is 2. The molecule has 0 spiro atoms. The van der Waals surface area contributed by atoms with E-state index in [1.165, 1.54) is 31.4 Å². The smallest absolute Gasteiger partial charge is 0.337 e. The highest BCUT2D eigenvalue weighted by molar-refractivity contribution is 5.94. The third-order valence-corrected chi connectivity index (χ3v) is 4.81. The minimum Gasteiger partial charge on any atom is -0.478 e. The van der Waals surface area contributed by atoms with Crippen molar-refractivity contribution in [2.75, 3.05) is 7.11 Å². The number of hydrogen-bond donors (Lipinski definition) is 1. The Morgan fingerprint density at radius 3 is 2.30 bits per heavy atom. The van der Waals surface area contributed by atoms with Crippen LogP contribution in [-0.2, 0) is 11.3 Å². The van der Waals surface area contributed by atoms with Crippen molar-refractivity contribution in [2.45, 2.75) is 6.54 Å². The fourth-order valence-electron chi connectivity index (χ4n) is 3.29. The zero-order valence-corrected chi connectivity index (χ0v) is 16.0. The van der Waals surface area contributed by atoms with Crippen LogP contribution in [0.4, 0.5) is 4.39 Å². The van der Waals surface area contributed by atoms with Crippen LogP contribution in [0.2, 0.25) is 0 Å². The lowest BCUT2D eigenvalue weighted by atomic mass is 10.1. The van der Waals surface area contributed by atoms with E-state index in [2.05, 4.69) is 4.98 Å². The lowest BCUT2D eigenvalue weighted by molar-refractivity contribution is 0.0600. The second kappa shape index (κ2) is 7.79. The van der Waals surface area contributed by atoms with Gasteiger partial charge in [-0.15, -0.1) is 0 Å². The third-order valence-electron chi connectivity index (χ3n) is 4.81. The summed E-state index contributed by atoms with van der Waals surface area (Å²) in [6.45, 7) is 0.421. The molecule has 1 heterocycles. The number of esters is 1. The van der Waals surface area contributed by atoms with E-state index < -0.39 is 11.9 Å². The first-order valence-corrected chi connectivity index (χ1v) is 9.13. The van der Waals surface area contributed by atoms with Crippen LogP contribution in [0.15, 0.2) is 66.7 Å². The molecule has 0 aliphatic heterocycles. The van der Waals surface area contributed by atoms with E-state index in [0.29, 0.717) is 23.4 Å². The summed E-state index contributed by atoms with van der Waals surface area (Å²) in [5.41, 5.74) is 3.52. The molecule has 0 saturated carbocycles. The molecular formula is C23H17FN2O4. The molecule has 1 aromatic heterocycles. The summed E-state index contributed by atoms with van der Waals surface area (Å²) in [4.78, 5) is 27.7. The fourth-order valence-corrected chi connectivity index (χ4v) is 3.29. The van der Waals surface area contributed by atoms with E-state index in [0.717, 1.165) is 16.6 Å². The predicted molar refractivity (Wildman–Crippen MR) is 109 cm³/mol. The Morgan fingerprint density at radius 1 is 1.00 bits per heavy atom. The van der Waals surface area contributed by atoms with Crippen molar-refractivity contribution < 1.29 is 23.8 Å². The van der Waals surface area contributed by atoms with Crippen LogP contribution in [0.5, 0.6) is 0 Å². The number of fused-ring (bicyclic) bond motifs is 1. The van der Waals surface area contributed by atoms with Crippen molar-refractivity contribution >= 4 is 23.0 Å². The molecule has 1 N–H and O–H groups in total. The van der Waals surface area contributed by atoms with Crippen LogP contribution in [0, 0.1) is 5.82 Å². The Bertz CT molecular complexity index is 1240. The Morgan fingerprint density at radius 2 is 1.67 bits per heavy atom. The topological polar surface area (TPSA) is 81.4 Å². The van der Waals surface area contributed by atoms with Gasteiger partial charge in [0.2, 0.25) is 0 Å². The molecule has 0 atom stereocenters. The van der Waals surface area contributed by atoms with Crippen LogP contribution in [0.3, 0.4) is 0 Å². The average Bonchev–Trinajstić information content (AvgIpc) is 3.12. The molecule has 0 radical (unpaired) electrons. The minimum atomic E-state index is -1.01. The van der Waals surface area contributed by atoms with Crippen molar-refractivity contribution in [2.24, 2.45) is 0 Å². The minimum absolute atomic E-state index is 0.174. The molecule has 0 aliphatic carbocycles. The molecule has 6 nitrogen and oxygen atoms in total. The highest BCUT2D eigenvalue weighted by Crippen LogP contribution is 2.27. The van der Waals surface area contributed by atoms with E-state index in [1.807, 2.05) is 4.57 Å². The fraction of sp³-hybridized carbons (Fsp3) is 0.0870. The molecule has 0 amide bonds. The first-order chi connectivity index (χ1) is 14.5. The van der Waals surface area contributed by atoms with Gasteiger partial charge < -0.3 is 14.4 Å². The summed E-state index contributed by atoms with van der Waals surface area (Å²) in [6, 6.07) is 17.7. The predicted octanol–water partition coefficient (Wildman–Crippen LogP) is 4.38. The summed E-state index contributed by atoms with van der Waals surface area (Å²) in [5, 5.41) is 9.14. The molecule has 0 unspecified atom stereocenters. The van der Waals surface area contributed by atoms with Crippen LogP contribution in [-0.4, -0.2) is 33.7 Å². The largest absolute Gasteiger partial charge is 0.478 e. The Kier molecular flexibility index (Phi) is 5.02. The number of nitrogens with zero attached hydrogens (tertiary/aromatic N) is 2. The van der Waals surface area contributed by atoms with Crippen LogP contribution >= 0.6 is 0 Å². The molecule has 0 saturated heterocycles. The SMILES string of the molecule is COC(=O)c1ccc2c(c1)nc(-c1ccc(C(=O)O)cc1)n2Cc1ccc(F)cc1. The van der Waals surface area contributed by atoms with Gasteiger partial charge in [-0.1, -0.05) is 24.3 Å². The van der Waals surface area contributed by atoms with Gasteiger partial charge in [-0.3, -0.25) is 0 Å². The van der Waals surface area contributed by atoms with Crippen LogP contribution in [0.1, 0.15) is 26.3 Å². The van der Waals surface area contributed by atoms with Crippen molar-refractivity contribution in [1.82, 2.24) is 9.55 Å². The third kappa shape index (κ3) is 3.65. The van der Waals surface area contributed by atoms with E-state index >= 15 is 0 Å². The molecule has 0 fully saturated rings. The molecule has 3 aromatic carbocycles. The normalized spacial score (nSPS) is 10.9. The van der Waals surface area contributed by atoms with Crippen molar-refractivity contribution in [1.29, 1.82) is 0 Å². The second-order valence-electron chi connectivity index (χ2n) is 6.73. The standard InChI is InChI=1S/C23H17FN2O4/c1-30-23(29)17-8-11-20-19(12-17)25-21(15-4-6-16(7-5-15)22(27)28)26(20)13-14-2-9-18(24)10-3-14/h2-12H,13H2,1H3,(H,27,28). The zero-order chi connectivity index (χ0) is 21.3. The first kappa shape index (κ1) is 19.3. The first-order valence-electron chi connectivity index (χ1n) is 9.13. The highest BCUT2D eigenvalue weighted by Gasteiger charge is 2.16. The van der Waals surface area contributed by atoms with E-state index in [9.17, 15) is 14.0 Å². The number of imidazole rings is 1. The molecule has 4 aromatic rings. The number of benzene rings is 3. The number of methoxy groups -OCH3 is 1. The molecular weight excluding hydrogens is 387 g/mol. The van der Waals surface area contributed by atoms with Crippen LogP contribution in [0.25, 0.3) is 22.4 Å². The van der Waals surface area contributed by atoms with E-state index in [-0.39, 0.29) is 11.4 Å². The van der Waals surface area contributed by atoms with Gasteiger partial charge in [-0.05, 0) is 48.0 Å². The molecule has 30 heavy (non-hydrogen) atoms. The Labute approximate surface area is 171 Å². The second-order valence-corrected chi connectivity index (χ2v) is 6.73. The number of carboxylic acids is 1.